The highest BCUT2D eigenvalue weighted by molar-refractivity contribution is 5.77. The van der Waals surface area contributed by atoms with Gasteiger partial charge in [0, 0.05) is 12.7 Å². The number of aromatic nitrogens is 4. The van der Waals surface area contributed by atoms with Gasteiger partial charge in [-0.25, -0.2) is 9.67 Å². The Morgan fingerprint density at radius 3 is 3.10 bits per heavy atom. The van der Waals surface area contributed by atoms with E-state index in [1.165, 1.54) is 6.33 Å². The van der Waals surface area contributed by atoms with Gasteiger partial charge in [0.2, 0.25) is 0 Å². The van der Waals surface area contributed by atoms with Crippen LogP contribution in [0.25, 0.3) is 0 Å². The summed E-state index contributed by atoms with van der Waals surface area (Å²) in [7, 11) is 0. The molecule has 0 saturated heterocycles. The van der Waals surface area contributed by atoms with Crippen LogP contribution in [0.15, 0.2) is 30.9 Å². The second-order valence-electron chi connectivity index (χ2n) is 4.61. The van der Waals surface area contributed by atoms with Crippen molar-refractivity contribution in [3.8, 4) is 5.75 Å². The van der Waals surface area contributed by atoms with Gasteiger partial charge in [-0.1, -0.05) is 6.92 Å². The molecule has 0 bridgehead atoms. The van der Waals surface area contributed by atoms with Crippen molar-refractivity contribution in [3.05, 3.63) is 36.7 Å². The summed E-state index contributed by atoms with van der Waals surface area (Å²) < 4.78 is 7.14. The second-order valence-corrected chi connectivity index (χ2v) is 4.61. The molecule has 7 nitrogen and oxygen atoms in total. The fourth-order valence-corrected chi connectivity index (χ4v) is 1.92. The van der Waals surface area contributed by atoms with Crippen molar-refractivity contribution in [2.45, 2.75) is 32.9 Å². The Morgan fingerprint density at radius 1 is 1.52 bits per heavy atom. The molecular formula is C14H19N5O2. The number of amides is 1. The van der Waals surface area contributed by atoms with Gasteiger partial charge in [0.05, 0.1) is 12.2 Å². The minimum Gasteiger partial charge on any atom is -0.482 e. The first-order valence-corrected chi connectivity index (χ1v) is 6.90. The van der Waals surface area contributed by atoms with Gasteiger partial charge in [-0.05, 0) is 25.5 Å². The molecule has 1 atom stereocenters. The fraction of sp³-hybridized carbons (Fsp3) is 0.429. The van der Waals surface area contributed by atoms with Crippen LogP contribution < -0.4 is 10.1 Å². The zero-order valence-electron chi connectivity index (χ0n) is 12.2. The monoisotopic (exact) mass is 289 g/mol. The molecule has 1 amide bonds. The van der Waals surface area contributed by atoms with Gasteiger partial charge >= 0.3 is 0 Å². The number of aryl methyl sites for hydroxylation is 1. The van der Waals surface area contributed by atoms with E-state index in [1.54, 1.807) is 29.2 Å². The maximum Gasteiger partial charge on any atom is 0.258 e. The number of hydrogen-bond acceptors (Lipinski definition) is 5. The number of nitrogens with one attached hydrogen (secondary N) is 1. The summed E-state index contributed by atoms with van der Waals surface area (Å²) in [5.74, 6) is 1.10. The average molecular weight is 289 g/mol. The summed E-state index contributed by atoms with van der Waals surface area (Å²) in [5, 5.41) is 6.99. The molecule has 0 radical (unpaired) electrons. The zero-order valence-corrected chi connectivity index (χ0v) is 12.2. The molecule has 0 fully saturated rings. The molecule has 0 aliphatic heterocycles. The summed E-state index contributed by atoms with van der Waals surface area (Å²) in [6, 6.07) is 3.29. The minimum absolute atomic E-state index is 0.0576. The van der Waals surface area contributed by atoms with Gasteiger partial charge in [0.25, 0.3) is 5.91 Å². The van der Waals surface area contributed by atoms with E-state index in [-0.39, 0.29) is 18.6 Å². The molecule has 0 spiro atoms. The smallest absolute Gasteiger partial charge is 0.258 e. The van der Waals surface area contributed by atoms with Gasteiger partial charge in [-0.2, -0.15) is 5.10 Å². The standard InChI is InChI=1S/C14H19N5O2/c1-3-7-19-14(16-10-17-19)11(2)18-13(20)9-21-12-5-4-6-15-8-12/h4-6,8,10-11H,3,7,9H2,1-2H3,(H,18,20)/t11-/m1/s1. The van der Waals surface area contributed by atoms with E-state index in [1.807, 2.05) is 6.92 Å². The van der Waals surface area contributed by atoms with Gasteiger partial charge in [-0.15, -0.1) is 0 Å². The van der Waals surface area contributed by atoms with Crippen LogP contribution >= 0.6 is 0 Å². The number of rotatable bonds is 7. The first-order valence-electron chi connectivity index (χ1n) is 6.90. The number of hydrogen-bond donors (Lipinski definition) is 1. The highest BCUT2D eigenvalue weighted by Gasteiger charge is 2.15. The fourth-order valence-electron chi connectivity index (χ4n) is 1.92. The minimum atomic E-state index is -0.218. The summed E-state index contributed by atoms with van der Waals surface area (Å²) >= 11 is 0. The van der Waals surface area contributed by atoms with E-state index in [2.05, 4.69) is 27.3 Å². The van der Waals surface area contributed by atoms with Crippen molar-refractivity contribution in [2.75, 3.05) is 6.61 Å². The lowest BCUT2D eigenvalue weighted by Crippen LogP contribution is -2.32. The summed E-state index contributed by atoms with van der Waals surface area (Å²) in [4.78, 5) is 20.0. The van der Waals surface area contributed by atoms with Crippen LogP contribution in [0.4, 0.5) is 0 Å². The van der Waals surface area contributed by atoms with Crippen molar-refractivity contribution in [3.63, 3.8) is 0 Å². The average Bonchev–Trinajstić information content (AvgIpc) is 2.95. The first-order chi connectivity index (χ1) is 10.2. The van der Waals surface area contributed by atoms with Crippen molar-refractivity contribution >= 4 is 5.91 Å². The Hall–Kier alpha value is -2.44. The summed E-state index contributed by atoms with van der Waals surface area (Å²) in [6.45, 7) is 4.66. The van der Waals surface area contributed by atoms with Crippen LogP contribution in [-0.4, -0.2) is 32.3 Å². The second kappa shape index (κ2) is 7.37. The van der Waals surface area contributed by atoms with E-state index in [9.17, 15) is 4.79 Å². The molecule has 2 aromatic rings. The lowest BCUT2D eigenvalue weighted by atomic mass is 10.3. The number of carbonyl (C=O) groups is 1. The molecule has 1 N–H and O–H groups in total. The quantitative estimate of drug-likeness (QED) is 0.831. The third-order valence-corrected chi connectivity index (χ3v) is 2.85. The molecule has 2 heterocycles. The Bertz CT molecular complexity index is 570. The molecular weight excluding hydrogens is 270 g/mol. The normalized spacial score (nSPS) is 11.9. The van der Waals surface area contributed by atoms with Crippen LogP contribution in [0.1, 0.15) is 32.1 Å². The van der Waals surface area contributed by atoms with E-state index in [4.69, 9.17) is 4.74 Å². The lowest BCUT2D eigenvalue weighted by molar-refractivity contribution is -0.123. The van der Waals surface area contributed by atoms with E-state index < -0.39 is 0 Å². The van der Waals surface area contributed by atoms with Crippen LogP contribution in [0, 0.1) is 0 Å². The molecule has 0 aliphatic carbocycles. The van der Waals surface area contributed by atoms with E-state index >= 15 is 0 Å². The lowest BCUT2D eigenvalue weighted by Gasteiger charge is -2.14. The molecule has 2 rings (SSSR count). The maximum atomic E-state index is 11.9. The van der Waals surface area contributed by atoms with Gasteiger partial charge in [-0.3, -0.25) is 9.78 Å². The highest BCUT2D eigenvalue weighted by Crippen LogP contribution is 2.09. The molecule has 112 valence electrons. The summed E-state index contributed by atoms with van der Waals surface area (Å²) in [6.07, 6.45) is 5.67. The summed E-state index contributed by atoms with van der Waals surface area (Å²) in [5.41, 5.74) is 0. The van der Waals surface area contributed by atoms with Crippen molar-refractivity contribution in [1.29, 1.82) is 0 Å². The molecule has 2 aromatic heterocycles. The Kier molecular flexibility index (Phi) is 5.25. The van der Waals surface area contributed by atoms with Crippen molar-refractivity contribution in [2.24, 2.45) is 0 Å². The largest absolute Gasteiger partial charge is 0.482 e. The first kappa shape index (κ1) is 15.0. The zero-order chi connectivity index (χ0) is 15.1. The molecule has 21 heavy (non-hydrogen) atoms. The molecule has 0 unspecified atom stereocenters. The SMILES string of the molecule is CCCn1ncnc1[C@@H](C)NC(=O)COc1cccnc1. The van der Waals surface area contributed by atoms with Crippen LogP contribution in [0.2, 0.25) is 0 Å². The third-order valence-electron chi connectivity index (χ3n) is 2.85. The number of carbonyl (C=O) groups excluding carboxylic acids is 1. The van der Waals surface area contributed by atoms with Gasteiger partial charge in [0.15, 0.2) is 6.61 Å². The van der Waals surface area contributed by atoms with Crippen molar-refractivity contribution in [1.82, 2.24) is 25.1 Å². The van der Waals surface area contributed by atoms with Crippen LogP contribution in [0.3, 0.4) is 0 Å². The number of ether oxygens (including phenoxy) is 1. The van der Waals surface area contributed by atoms with Crippen LogP contribution in [-0.2, 0) is 11.3 Å². The molecule has 0 aliphatic rings. The van der Waals surface area contributed by atoms with E-state index in [0.29, 0.717) is 5.75 Å². The third kappa shape index (κ3) is 4.27. The predicted octanol–water partition coefficient (Wildman–Crippen LogP) is 1.34. The Balaban J connectivity index is 1.85. The van der Waals surface area contributed by atoms with Gasteiger partial charge < -0.3 is 10.1 Å². The molecule has 0 aromatic carbocycles. The number of nitrogens with zero attached hydrogens (tertiary/aromatic N) is 4. The molecule has 0 saturated carbocycles. The Morgan fingerprint density at radius 2 is 2.38 bits per heavy atom. The Labute approximate surface area is 123 Å². The predicted molar refractivity (Wildman–Crippen MR) is 76.6 cm³/mol. The number of pyridine rings is 1. The van der Waals surface area contributed by atoms with Crippen LogP contribution in [0.5, 0.6) is 5.75 Å². The van der Waals surface area contributed by atoms with Gasteiger partial charge in [0.1, 0.15) is 17.9 Å². The highest BCUT2D eigenvalue weighted by atomic mass is 16.5. The maximum absolute atomic E-state index is 11.9. The van der Waals surface area contributed by atoms with Crippen molar-refractivity contribution < 1.29 is 9.53 Å². The van der Waals surface area contributed by atoms with E-state index in [0.717, 1.165) is 18.8 Å². The topological polar surface area (TPSA) is 81.9 Å². The molecule has 7 heteroatoms.